The second-order valence-corrected chi connectivity index (χ2v) is 6.84. The molecule has 2 aromatic heterocycles. The zero-order valence-corrected chi connectivity index (χ0v) is 17.3. The predicted molar refractivity (Wildman–Crippen MR) is 115 cm³/mol. The first-order valence-corrected chi connectivity index (χ1v) is 9.72. The van der Waals surface area contributed by atoms with E-state index in [0.717, 1.165) is 29.1 Å². The number of hydrogen-bond acceptors (Lipinski definition) is 5. The molecule has 0 fully saturated rings. The van der Waals surface area contributed by atoms with Crippen LogP contribution in [0.2, 0.25) is 0 Å². The fraction of sp³-hybridized carbons (Fsp3) is 0.333. The van der Waals surface area contributed by atoms with Crippen LogP contribution in [-0.2, 0) is 6.42 Å². The maximum Gasteiger partial charge on any atom is 0.319 e. The summed E-state index contributed by atoms with van der Waals surface area (Å²) >= 11 is 0. The number of aryl methyl sites for hydroxylation is 2. The van der Waals surface area contributed by atoms with Crippen molar-refractivity contribution in [3.05, 3.63) is 58.9 Å². The van der Waals surface area contributed by atoms with Gasteiger partial charge in [-0.15, -0.1) is 10.2 Å². The number of nitrogens with one attached hydrogen (secondary N) is 3. The van der Waals surface area contributed by atoms with E-state index >= 15 is 0 Å². The van der Waals surface area contributed by atoms with Crippen molar-refractivity contribution in [1.29, 1.82) is 0 Å². The summed E-state index contributed by atoms with van der Waals surface area (Å²) in [6, 6.07) is 11.3. The van der Waals surface area contributed by atoms with Gasteiger partial charge in [0.1, 0.15) is 5.82 Å². The van der Waals surface area contributed by atoms with E-state index in [0.29, 0.717) is 24.7 Å². The Morgan fingerprint density at radius 3 is 2.34 bits per heavy atom. The summed E-state index contributed by atoms with van der Waals surface area (Å²) in [5.74, 6) is 1.32. The van der Waals surface area contributed by atoms with Crippen molar-refractivity contribution in [3.8, 4) is 5.82 Å². The SMILES string of the molecule is CCc1ccc(NC(=O)NCCNc2ccc(-n3nc(C)c(C)c3C)nn2)cc1. The highest BCUT2D eigenvalue weighted by Gasteiger charge is 2.10. The van der Waals surface area contributed by atoms with Crippen LogP contribution in [0.3, 0.4) is 0 Å². The molecule has 0 spiro atoms. The Hall–Kier alpha value is -3.42. The number of rotatable bonds is 7. The van der Waals surface area contributed by atoms with Gasteiger partial charge in [-0.25, -0.2) is 9.48 Å². The van der Waals surface area contributed by atoms with E-state index in [1.165, 1.54) is 5.56 Å². The number of carbonyl (C=O) groups is 1. The number of nitrogens with zero attached hydrogens (tertiary/aromatic N) is 4. The van der Waals surface area contributed by atoms with E-state index in [1.807, 2.05) is 57.2 Å². The van der Waals surface area contributed by atoms with Crippen LogP contribution in [0, 0.1) is 20.8 Å². The molecule has 152 valence electrons. The molecule has 0 atom stereocenters. The van der Waals surface area contributed by atoms with Crippen molar-refractivity contribution in [2.45, 2.75) is 34.1 Å². The minimum absolute atomic E-state index is 0.239. The average Bonchev–Trinajstić information content (AvgIpc) is 2.99. The molecule has 2 amide bonds. The number of aromatic nitrogens is 4. The van der Waals surface area contributed by atoms with Crippen molar-refractivity contribution in [2.24, 2.45) is 0 Å². The summed E-state index contributed by atoms with van der Waals surface area (Å²) < 4.78 is 1.79. The molecule has 0 radical (unpaired) electrons. The minimum Gasteiger partial charge on any atom is -0.367 e. The molecule has 0 bridgehead atoms. The first-order chi connectivity index (χ1) is 14.0. The zero-order chi connectivity index (χ0) is 20.8. The van der Waals surface area contributed by atoms with Crippen LogP contribution >= 0.6 is 0 Å². The van der Waals surface area contributed by atoms with Crippen LogP contribution in [0.15, 0.2) is 36.4 Å². The first-order valence-electron chi connectivity index (χ1n) is 9.72. The van der Waals surface area contributed by atoms with Crippen molar-refractivity contribution < 1.29 is 4.79 Å². The number of urea groups is 1. The van der Waals surface area contributed by atoms with Crippen LogP contribution in [-0.4, -0.2) is 39.1 Å². The van der Waals surface area contributed by atoms with Gasteiger partial charge in [0.05, 0.1) is 5.69 Å². The third kappa shape index (κ3) is 5.10. The number of carbonyl (C=O) groups excluding carboxylic acids is 1. The van der Waals surface area contributed by atoms with Gasteiger partial charge >= 0.3 is 6.03 Å². The van der Waals surface area contributed by atoms with Gasteiger partial charge in [0, 0.05) is 24.5 Å². The van der Waals surface area contributed by atoms with E-state index in [9.17, 15) is 4.79 Å². The second kappa shape index (κ2) is 9.18. The lowest BCUT2D eigenvalue weighted by molar-refractivity contribution is 0.252. The van der Waals surface area contributed by atoms with Gasteiger partial charge in [-0.2, -0.15) is 5.10 Å². The molecule has 0 unspecified atom stereocenters. The Labute approximate surface area is 170 Å². The largest absolute Gasteiger partial charge is 0.367 e. The number of amides is 2. The summed E-state index contributed by atoms with van der Waals surface area (Å²) in [7, 11) is 0. The van der Waals surface area contributed by atoms with E-state index in [1.54, 1.807) is 4.68 Å². The number of benzene rings is 1. The quantitative estimate of drug-likeness (QED) is 0.535. The number of hydrogen-bond donors (Lipinski definition) is 3. The molecule has 0 saturated carbocycles. The van der Waals surface area contributed by atoms with Crippen molar-refractivity contribution in [2.75, 3.05) is 23.7 Å². The lowest BCUT2D eigenvalue weighted by Gasteiger charge is -2.09. The third-order valence-corrected chi connectivity index (χ3v) is 4.86. The van der Waals surface area contributed by atoms with Crippen LogP contribution in [0.25, 0.3) is 5.82 Å². The molecule has 8 heteroatoms. The summed E-state index contributed by atoms with van der Waals surface area (Å²) in [6.45, 7) is 9.12. The smallest absolute Gasteiger partial charge is 0.319 e. The van der Waals surface area contributed by atoms with E-state index < -0.39 is 0 Å². The van der Waals surface area contributed by atoms with E-state index in [4.69, 9.17) is 0 Å². The molecule has 0 aliphatic heterocycles. The van der Waals surface area contributed by atoms with Gasteiger partial charge in [0.15, 0.2) is 5.82 Å². The maximum atomic E-state index is 12.0. The van der Waals surface area contributed by atoms with Crippen molar-refractivity contribution in [3.63, 3.8) is 0 Å². The van der Waals surface area contributed by atoms with Crippen molar-refractivity contribution in [1.82, 2.24) is 25.3 Å². The fourth-order valence-electron chi connectivity index (χ4n) is 2.84. The van der Waals surface area contributed by atoms with Crippen LogP contribution in [0.5, 0.6) is 0 Å². The Balaban J connectivity index is 1.44. The molecular formula is C21H27N7O. The fourth-order valence-corrected chi connectivity index (χ4v) is 2.84. The Morgan fingerprint density at radius 2 is 1.76 bits per heavy atom. The van der Waals surface area contributed by atoms with Gasteiger partial charge < -0.3 is 16.0 Å². The predicted octanol–water partition coefficient (Wildman–Crippen LogP) is 3.38. The third-order valence-electron chi connectivity index (χ3n) is 4.86. The molecule has 0 aliphatic rings. The molecule has 0 saturated heterocycles. The molecule has 3 aromatic rings. The van der Waals surface area contributed by atoms with Crippen LogP contribution < -0.4 is 16.0 Å². The van der Waals surface area contributed by atoms with Crippen LogP contribution in [0.1, 0.15) is 29.4 Å². The molecular weight excluding hydrogens is 366 g/mol. The molecule has 2 heterocycles. The van der Waals surface area contributed by atoms with Gasteiger partial charge in [-0.1, -0.05) is 19.1 Å². The van der Waals surface area contributed by atoms with Crippen molar-refractivity contribution >= 4 is 17.5 Å². The summed E-state index contributed by atoms with van der Waals surface area (Å²) in [4.78, 5) is 12.0. The average molecular weight is 393 g/mol. The Morgan fingerprint density at radius 1 is 1.00 bits per heavy atom. The van der Waals surface area contributed by atoms with Gasteiger partial charge in [0.2, 0.25) is 0 Å². The minimum atomic E-state index is -0.239. The first kappa shape index (κ1) is 20.3. The van der Waals surface area contributed by atoms with Crippen LogP contribution in [0.4, 0.5) is 16.3 Å². The highest BCUT2D eigenvalue weighted by Crippen LogP contribution is 2.15. The maximum absolute atomic E-state index is 12.0. The second-order valence-electron chi connectivity index (χ2n) is 6.84. The summed E-state index contributed by atoms with van der Waals surface area (Å²) in [5.41, 5.74) is 5.20. The lowest BCUT2D eigenvalue weighted by atomic mass is 10.1. The number of anilines is 2. The summed E-state index contributed by atoms with van der Waals surface area (Å²) in [5, 5.41) is 21.7. The molecule has 8 nitrogen and oxygen atoms in total. The Kier molecular flexibility index (Phi) is 6.43. The van der Waals surface area contributed by atoms with E-state index in [-0.39, 0.29) is 6.03 Å². The zero-order valence-electron chi connectivity index (χ0n) is 17.3. The Bertz CT molecular complexity index is 962. The van der Waals surface area contributed by atoms with E-state index in [2.05, 4.69) is 38.2 Å². The van der Waals surface area contributed by atoms with Gasteiger partial charge in [-0.05, 0) is 62.6 Å². The molecule has 29 heavy (non-hydrogen) atoms. The van der Waals surface area contributed by atoms with Gasteiger partial charge in [0.25, 0.3) is 0 Å². The normalized spacial score (nSPS) is 10.6. The topological polar surface area (TPSA) is 96.8 Å². The molecule has 1 aromatic carbocycles. The molecule has 3 rings (SSSR count). The molecule has 3 N–H and O–H groups in total. The standard InChI is InChI=1S/C21H27N7O/c1-5-17-6-8-18(9-7-17)24-21(29)23-13-12-22-19-10-11-20(26-25-19)28-16(4)14(2)15(3)27-28/h6-11H,5,12-13H2,1-4H3,(H,22,25)(H2,23,24,29). The van der Waals surface area contributed by atoms with Gasteiger partial charge in [-0.3, -0.25) is 0 Å². The molecule has 0 aliphatic carbocycles. The summed E-state index contributed by atoms with van der Waals surface area (Å²) in [6.07, 6.45) is 0.975. The highest BCUT2D eigenvalue weighted by atomic mass is 16.2. The lowest BCUT2D eigenvalue weighted by Crippen LogP contribution is -2.32. The monoisotopic (exact) mass is 393 g/mol. The highest BCUT2D eigenvalue weighted by molar-refractivity contribution is 5.89.